The van der Waals surface area contributed by atoms with Gasteiger partial charge < -0.3 is 5.32 Å². The molecule has 8 heteroatoms. The largest absolute Gasteiger partial charge is 0.353 e. The molecule has 0 spiro atoms. The molecule has 2 aliphatic rings. The van der Waals surface area contributed by atoms with Gasteiger partial charge in [0.05, 0.1) is 10.9 Å². The van der Waals surface area contributed by atoms with Gasteiger partial charge in [0, 0.05) is 24.2 Å². The van der Waals surface area contributed by atoms with Gasteiger partial charge in [-0.05, 0) is 43.9 Å². The summed E-state index contributed by atoms with van der Waals surface area (Å²) in [7, 11) is -3.78. The van der Waals surface area contributed by atoms with Crippen LogP contribution in [0.15, 0.2) is 23.1 Å². The van der Waals surface area contributed by atoms with Gasteiger partial charge in [-0.25, -0.2) is 8.42 Å². The van der Waals surface area contributed by atoms with Crippen molar-refractivity contribution in [2.24, 2.45) is 5.92 Å². The number of nitrogens with one attached hydrogen (secondary N) is 1. The minimum absolute atomic E-state index is 0.00000495. The van der Waals surface area contributed by atoms with Crippen LogP contribution in [-0.2, 0) is 14.8 Å². The number of nitrogens with zero attached hydrogens (tertiary/aromatic N) is 1. The normalized spacial score (nSPS) is 22.9. The van der Waals surface area contributed by atoms with Crippen LogP contribution in [0.1, 0.15) is 44.9 Å². The van der Waals surface area contributed by atoms with E-state index in [0.29, 0.717) is 24.4 Å². The predicted molar refractivity (Wildman–Crippen MR) is 103 cm³/mol. The van der Waals surface area contributed by atoms with E-state index in [1.807, 2.05) is 0 Å². The molecule has 26 heavy (non-hydrogen) atoms. The molecule has 3 rings (SSSR count). The Morgan fingerprint density at radius 2 is 1.81 bits per heavy atom. The van der Waals surface area contributed by atoms with Crippen LogP contribution in [0.3, 0.4) is 0 Å². The molecule has 1 saturated carbocycles. The summed E-state index contributed by atoms with van der Waals surface area (Å²) >= 11 is 12.0. The van der Waals surface area contributed by atoms with Gasteiger partial charge in [-0.2, -0.15) is 4.31 Å². The fourth-order valence-corrected chi connectivity index (χ4v) is 6.02. The lowest BCUT2D eigenvalue weighted by molar-refractivity contribution is -0.127. The number of benzene rings is 1. The third-order valence-electron chi connectivity index (χ3n) is 5.22. The Morgan fingerprint density at radius 1 is 1.08 bits per heavy atom. The topological polar surface area (TPSA) is 66.5 Å². The van der Waals surface area contributed by atoms with E-state index in [9.17, 15) is 13.2 Å². The fourth-order valence-electron chi connectivity index (χ4n) is 3.75. The molecule has 1 aliphatic heterocycles. The lowest BCUT2D eigenvalue weighted by Gasteiger charge is -2.33. The summed E-state index contributed by atoms with van der Waals surface area (Å²) in [5, 5.41) is 3.57. The molecular formula is C18H24Cl2N2O3S. The first kappa shape index (κ1) is 19.9. The Balaban J connectivity index is 1.71. The van der Waals surface area contributed by atoms with Gasteiger partial charge in [-0.15, -0.1) is 0 Å². The number of sulfonamides is 1. The molecule has 1 unspecified atom stereocenters. The zero-order valence-electron chi connectivity index (χ0n) is 14.6. The van der Waals surface area contributed by atoms with Crippen molar-refractivity contribution in [2.45, 2.75) is 55.9 Å². The lowest BCUT2D eigenvalue weighted by Crippen LogP contribution is -2.47. The van der Waals surface area contributed by atoms with Crippen LogP contribution in [0, 0.1) is 5.92 Å². The van der Waals surface area contributed by atoms with E-state index in [2.05, 4.69) is 5.32 Å². The molecule has 1 amide bonds. The summed E-state index contributed by atoms with van der Waals surface area (Å²) in [5.74, 6) is -0.354. The molecule has 144 valence electrons. The Bertz CT molecular complexity index is 764. The first-order chi connectivity index (χ1) is 12.4. The number of rotatable bonds is 4. The van der Waals surface area contributed by atoms with Crippen LogP contribution in [-0.4, -0.2) is 37.8 Å². The molecular weight excluding hydrogens is 395 g/mol. The van der Waals surface area contributed by atoms with E-state index in [4.69, 9.17) is 23.2 Å². The van der Waals surface area contributed by atoms with Gasteiger partial charge in [-0.3, -0.25) is 4.79 Å². The van der Waals surface area contributed by atoms with Crippen molar-refractivity contribution in [3.05, 3.63) is 28.2 Å². The highest BCUT2D eigenvalue weighted by Gasteiger charge is 2.35. The molecule has 1 aromatic rings. The van der Waals surface area contributed by atoms with Crippen molar-refractivity contribution < 1.29 is 13.2 Å². The summed E-state index contributed by atoms with van der Waals surface area (Å²) in [5.41, 5.74) is 0. The number of piperidine rings is 1. The quantitative estimate of drug-likeness (QED) is 0.807. The molecule has 1 atom stereocenters. The summed E-state index contributed by atoms with van der Waals surface area (Å²) in [6, 6.07) is 4.63. The van der Waals surface area contributed by atoms with Crippen molar-refractivity contribution in [3.8, 4) is 0 Å². The maximum atomic E-state index is 13.0. The van der Waals surface area contributed by atoms with E-state index in [1.54, 1.807) is 6.07 Å². The minimum Gasteiger partial charge on any atom is -0.353 e. The molecule has 0 bridgehead atoms. The Morgan fingerprint density at radius 3 is 2.54 bits per heavy atom. The molecule has 2 fully saturated rings. The second kappa shape index (κ2) is 8.46. The van der Waals surface area contributed by atoms with Crippen LogP contribution < -0.4 is 5.32 Å². The standard InChI is InChI=1S/C18H24Cl2N2O3S/c19-14-8-9-16(20)17(11-14)26(24,25)22-10-4-5-13(12-22)18(23)21-15-6-2-1-3-7-15/h8-9,11,13,15H,1-7,10,12H2,(H,21,23). The van der Waals surface area contributed by atoms with Crippen molar-refractivity contribution in [3.63, 3.8) is 0 Å². The van der Waals surface area contributed by atoms with E-state index in [0.717, 1.165) is 25.7 Å². The molecule has 0 aromatic heterocycles. The highest BCUT2D eigenvalue weighted by molar-refractivity contribution is 7.89. The van der Waals surface area contributed by atoms with E-state index in [-0.39, 0.29) is 34.3 Å². The smallest absolute Gasteiger partial charge is 0.244 e. The van der Waals surface area contributed by atoms with Gasteiger partial charge >= 0.3 is 0 Å². The number of carbonyl (C=O) groups is 1. The van der Waals surface area contributed by atoms with E-state index < -0.39 is 10.0 Å². The third-order valence-corrected chi connectivity index (χ3v) is 7.80. The average molecular weight is 419 g/mol. The first-order valence-electron chi connectivity index (χ1n) is 9.13. The van der Waals surface area contributed by atoms with Crippen LogP contribution >= 0.6 is 23.2 Å². The van der Waals surface area contributed by atoms with Gasteiger partial charge in [0.25, 0.3) is 0 Å². The molecule has 1 aromatic carbocycles. The van der Waals surface area contributed by atoms with E-state index >= 15 is 0 Å². The van der Waals surface area contributed by atoms with E-state index in [1.165, 1.54) is 22.9 Å². The number of hydrogen-bond donors (Lipinski definition) is 1. The zero-order valence-corrected chi connectivity index (χ0v) is 16.9. The maximum Gasteiger partial charge on any atom is 0.244 e. The minimum atomic E-state index is -3.78. The molecule has 1 saturated heterocycles. The number of halogens is 2. The molecule has 0 radical (unpaired) electrons. The van der Waals surface area contributed by atoms with Gasteiger partial charge in [0.1, 0.15) is 4.90 Å². The third kappa shape index (κ3) is 4.53. The second-order valence-corrected chi connectivity index (χ2v) is 9.87. The Labute approximate surface area is 165 Å². The highest BCUT2D eigenvalue weighted by atomic mass is 35.5. The highest BCUT2D eigenvalue weighted by Crippen LogP contribution is 2.30. The van der Waals surface area contributed by atoms with Crippen molar-refractivity contribution in [1.82, 2.24) is 9.62 Å². The van der Waals surface area contributed by atoms with Crippen LogP contribution in [0.2, 0.25) is 10.0 Å². The summed E-state index contributed by atoms with van der Waals surface area (Å²) in [6.07, 6.45) is 6.89. The number of amides is 1. The van der Waals surface area contributed by atoms with Gasteiger partial charge in [0.2, 0.25) is 15.9 Å². The Kier molecular flexibility index (Phi) is 6.49. The first-order valence-corrected chi connectivity index (χ1v) is 11.3. The van der Waals surface area contributed by atoms with Crippen LogP contribution in [0.4, 0.5) is 0 Å². The average Bonchev–Trinajstić information content (AvgIpc) is 2.64. The summed E-state index contributed by atoms with van der Waals surface area (Å²) < 4.78 is 27.3. The lowest BCUT2D eigenvalue weighted by atomic mass is 9.93. The number of hydrogen-bond acceptors (Lipinski definition) is 3. The monoisotopic (exact) mass is 418 g/mol. The van der Waals surface area contributed by atoms with Crippen molar-refractivity contribution in [2.75, 3.05) is 13.1 Å². The molecule has 1 heterocycles. The second-order valence-electron chi connectivity index (χ2n) is 7.12. The van der Waals surface area contributed by atoms with Crippen LogP contribution in [0.25, 0.3) is 0 Å². The summed E-state index contributed by atoms with van der Waals surface area (Å²) in [4.78, 5) is 12.6. The van der Waals surface area contributed by atoms with Crippen LogP contribution in [0.5, 0.6) is 0 Å². The molecule has 1 N–H and O–H groups in total. The predicted octanol–water partition coefficient (Wildman–Crippen LogP) is 3.84. The Hall–Kier alpha value is -0.820. The fraction of sp³-hybridized carbons (Fsp3) is 0.611. The SMILES string of the molecule is O=C(NC1CCCCC1)C1CCCN(S(=O)(=O)c2cc(Cl)ccc2Cl)C1. The van der Waals surface area contributed by atoms with Gasteiger partial charge in [-0.1, -0.05) is 42.5 Å². The van der Waals surface area contributed by atoms with Gasteiger partial charge in [0.15, 0.2) is 0 Å². The summed E-state index contributed by atoms with van der Waals surface area (Å²) in [6.45, 7) is 0.572. The maximum absolute atomic E-state index is 13.0. The zero-order chi connectivity index (χ0) is 18.7. The molecule has 1 aliphatic carbocycles. The number of carbonyl (C=O) groups excluding carboxylic acids is 1. The van der Waals surface area contributed by atoms with Crippen molar-refractivity contribution >= 4 is 39.1 Å². The van der Waals surface area contributed by atoms with Crippen molar-refractivity contribution in [1.29, 1.82) is 0 Å². The molecule has 5 nitrogen and oxygen atoms in total.